The van der Waals surface area contributed by atoms with E-state index in [4.69, 9.17) is 0 Å². The van der Waals surface area contributed by atoms with Crippen LogP contribution in [-0.2, 0) is 4.79 Å². The standard InChI is InChI=1S/C12H23NO2S/c1-9(2)8-16-10-5-4-6-12(7-10,13-3)11(14)15/h9-10,13H,4-8H2,1-3H3,(H,14,15). The summed E-state index contributed by atoms with van der Waals surface area (Å²) in [6.45, 7) is 4.41. The third-order valence-corrected chi connectivity index (χ3v) is 4.99. The van der Waals surface area contributed by atoms with Gasteiger partial charge in [-0.05, 0) is 44.4 Å². The number of thioether (sulfide) groups is 1. The Bertz CT molecular complexity index is 245. The molecule has 16 heavy (non-hydrogen) atoms. The Morgan fingerprint density at radius 3 is 2.81 bits per heavy atom. The second-order valence-corrected chi connectivity index (χ2v) is 6.42. The van der Waals surface area contributed by atoms with Gasteiger partial charge in [-0.25, -0.2) is 0 Å². The van der Waals surface area contributed by atoms with Gasteiger partial charge in [0.15, 0.2) is 0 Å². The van der Waals surface area contributed by atoms with Gasteiger partial charge in [-0.3, -0.25) is 4.79 Å². The van der Waals surface area contributed by atoms with Gasteiger partial charge in [0.2, 0.25) is 0 Å². The summed E-state index contributed by atoms with van der Waals surface area (Å²) < 4.78 is 0. The molecule has 2 unspecified atom stereocenters. The summed E-state index contributed by atoms with van der Waals surface area (Å²) in [6.07, 6.45) is 3.70. The van der Waals surface area contributed by atoms with Crippen molar-refractivity contribution in [2.24, 2.45) is 5.92 Å². The molecule has 0 bridgehead atoms. The second-order valence-electron chi connectivity index (χ2n) is 5.08. The number of carboxylic acid groups (broad SMARTS) is 1. The first-order valence-corrected chi connectivity index (χ1v) is 7.09. The largest absolute Gasteiger partial charge is 0.480 e. The number of carboxylic acids is 1. The zero-order valence-corrected chi connectivity index (χ0v) is 11.3. The number of nitrogens with one attached hydrogen (secondary N) is 1. The Morgan fingerprint density at radius 1 is 1.62 bits per heavy atom. The van der Waals surface area contributed by atoms with E-state index in [2.05, 4.69) is 19.2 Å². The summed E-state index contributed by atoms with van der Waals surface area (Å²) in [5.74, 6) is 1.12. The van der Waals surface area contributed by atoms with Gasteiger partial charge in [-0.15, -0.1) is 0 Å². The van der Waals surface area contributed by atoms with E-state index >= 15 is 0 Å². The summed E-state index contributed by atoms with van der Waals surface area (Å²) in [5.41, 5.74) is -0.674. The smallest absolute Gasteiger partial charge is 0.323 e. The molecule has 2 N–H and O–H groups in total. The average Bonchev–Trinajstić information content (AvgIpc) is 2.26. The Labute approximate surface area is 102 Å². The quantitative estimate of drug-likeness (QED) is 0.780. The van der Waals surface area contributed by atoms with Crippen molar-refractivity contribution in [2.45, 2.75) is 50.3 Å². The second kappa shape index (κ2) is 5.92. The molecule has 0 spiro atoms. The number of hydrogen-bond acceptors (Lipinski definition) is 3. The van der Waals surface area contributed by atoms with E-state index in [0.29, 0.717) is 11.2 Å². The van der Waals surface area contributed by atoms with Crippen LogP contribution in [0.2, 0.25) is 0 Å². The van der Waals surface area contributed by atoms with E-state index in [-0.39, 0.29) is 0 Å². The number of aliphatic carboxylic acids is 1. The lowest BCUT2D eigenvalue weighted by Crippen LogP contribution is -2.54. The molecule has 0 radical (unpaired) electrons. The lowest BCUT2D eigenvalue weighted by molar-refractivity contribution is -0.146. The van der Waals surface area contributed by atoms with Crippen LogP contribution in [-0.4, -0.2) is 34.7 Å². The molecule has 0 aliphatic heterocycles. The zero-order valence-electron chi connectivity index (χ0n) is 10.5. The predicted octanol–water partition coefficient (Wildman–Crippen LogP) is 2.36. The minimum Gasteiger partial charge on any atom is -0.480 e. The molecular weight excluding hydrogens is 222 g/mol. The van der Waals surface area contributed by atoms with Crippen LogP contribution in [0.1, 0.15) is 39.5 Å². The fraction of sp³-hybridized carbons (Fsp3) is 0.917. The Balaban J connectivity index is 2.54. The first-order valence-electron chi connectivity index (χ1n) is 6.04. The summed E-state index contributed by atoms with van der Waals surface area (Å²) in [6, 6.07) is 0. The van der Waals surface area contributed by atoms with Gasteiger partial charge in [0, 0.05) is 5.25 Å². The highest BCUT2D eigenvalue weighted by molar-refractivity contribution is 7.99. The number of rotatable bonds is 5. The highest BCUT2D eigenvalue weighted by atomic mass is 32.2. The van der Waals surface area contributed by atoms with Crippen molar-refractivity contribution < 1.29 is 9.90 Å². The van der Waals surface area contributed by atoms with Gasteiger partial charge < -0.3 is 10.4 Å². The molecule has 4 heteroatoms. The summed E-state index contributed by atoms with van der Waals surface area (Å²) in [4.78, 5) is 11.3. The fourth-order valence-corrected chi connectivity index (χ4v) is 3.62. The third kappa shape index (κ3) is 3.39. The van der Waals surface area contributed by atoms with Crippen LogP contribution < -0.4 is 5.32 Å². The predicted molar refractivity (Wildman–Crippen MR) is 69.0 cm³/mol. The molecule has 0 aromatic carbocycles. The van der Waals surface area contributed by atoms with Crippen molar-refractivity contribution in [1.29, 1.82) is 0 Å². The highest BCUT2D eigenvalue weighted by Gasteiger charge is 2.41. The Morgan fingerprint density at radius 2 is 2.31 bits per heavy atom. The van der Waals surface area contributed by atoms with Gasteiger partial charge in [0.05, 0.1) is 0 Å². The molecule has 0 heterocycles. The van der Waals surface area contributed by atoms with E-state index in [1.165, 1.54) is 0 Å². The molecule has 1 saturated carbocycles. The van der Waals surface area contributed by atoms with E-state index in [9.17, 15) is 9.90 Å². The van der Waals surface area contributed by atoms with Gasteiger partial charge in [-0.2, -0.15) is 11.8 Å². The normalized spacial score (nSPS) is 30.6. The molecule has 1 aliphatic carbocycles. The fourth-order valence-electron chi connectivity index (χ4n) is 2.22. The minimum atomic E-state index is -0.690. The van der Waals surface area contributed by atoms with Crippen LogP contribution in [0, 0.1) is 5.92 Å². The van der Waals surface area contributed by atoms with E-state index in [1.54, 1.807) is 7.05 Å². The summed E-state index contributed by atoms with van der Waals surface area (Å²) in [5, 5.41) is 12.8. The van der Waals surface area contributed by atoms with Crippen molar-refractivity contribution in [3.63, 3.8) is 0 Å². The van der Waals surface area contributed by atoms with Gasteiger partial charge in [0.1, 0.15) is 5.54 Å². The first kappa shape index (κ1) is 13.8. The molecule has 1 aliphatic rings. The van der Waals surface area contributed by atoms with E-state index in [1.807, 2.05) is 11.8 Å². The minimum absolute atomic E-state index is 0.500. The number of likely N-dealkylation sites (N-methyl/N-ethyl adjacent to an activating group) is 1. The highest BCUT2D eigenvalue weighted by Crippen LogP contribution is 2.35. The van der Waals surface area contributed by atoms with Crippen LogP contribution in [0.4, 0.5) is 0 Å². The van der Waals surface area contributed by atoms with Crippen molar-refractivity contribution in [3.05, 3.63) is 0 Å². The maximum absolute atomic E-state index is 11.3. The van der Waals surface area contributed by atoms with Crippen LogP contribution in [0.3, 0.4) is 0 Å². The average molecular weight is 245 g/mol. The topological polar surface area (TPSA) is 49.3 Å². The molecule has 0 amide bonds. The summed E-state index contributed by atoms with van der Waals surface area (Å²) in [7, 11) is 1.77. The molecule has 1 rings (SSSR count). The maximum atomic E-state index is 11.3. The van der Waals surface area contributed by atoms with Crippen molar-refractivity contribution in [1.82, 2.24) is 5.32 Å². The van der Waals surface area contributed by atoms with Crippen LogP contribution in [0.5, 0.6) is 0 Å². The van der Waals surface area contributed by atoms with E-state index in [0.717, 1.165) is 31.4 Å². The molecule has 94 valence electrons. The maximum Gasteiger partial charge on any atom is 0.323 e. The molecule has 0 aromatic heterocycles. The van der Waals surface area contributed by atoms with Crippen molar-refractivity contribution >= 4 is 17.7 Å². The Kier molecular flexibility index (Phi) is 5.12. The molecule has 3 nitrogen and oxygen atoms in total. The number of carbonyl (C=O) groups is 1. The van der Waals surface area contributed by atoms with Gasteiger partial charge >= 0.3 is 5.97 Å². The van der Waals surface area contributed by atoms with Crippen LogP contribution in [0.25, 0.3) is 0 Å². The zero-order chi connectivity index (χ0) is 12.2. The van der Waals surface area contributed by atoms with Crippen LogP contribution >= 0.6 is 11.8 Å². The van der Waals surface area contributed by atoms with Crippen molar-refractivity contribution in [3.8, 4) is 0 Å². The molecule has 2 atom stereocenters. The van der Waals surface area contributed by atoms with Crippen LogP contribution in [0.15, 0.2) is 0 Å². The SMILES string of the molecule is CNC1(C(=O)O)CCCC(SCC(C)C)C1. The lowest BCUT2D eigenvalue weighted by Gasteiger charge is -2.37. The monoisotopic (exact) mass is 245 g/mol. The lowest BCUT2D eigenvalue weighted by atomic mass is 9.81. The number of hydrogen-bond donors (Lipinski definition) is 2. The molecule has 1 fully saturated rings. The van der Waals surface area contributed by atoms with E-state index < -0.39 is 11.5 Å². The van der Waals surface area contributed by atoms with Crippen molar-refractivity contribution in [2.75, 3.05) is 12.8 Å². The van der Waals surface area contributed by atoms with Gasteiger partial charge in [-0.1, -0.05) is 13.8 Å². The summed E-state index contributed by atoms with van der Waals surface area (Å²) >= 11 is 1.94. The third-order valence-electron chi connectivity index (χ3n) is 3.26. The molecular formula is C12H23NO2S. The molecule has 0 saturated heterocycles. The van der Waals surface area contributed by atoms with Gasteiger partial charge in [0.25, 0.3) is 0 Å². The Hall–Kier alpha value is -0.220. The first-order chi connectivity index (χ1) is 7.50. The molecule has 0 aromatic rings.